The van der Waals surface area contributed by atoms with Crippen molar-refractivity contribution in [1.82, 2.24) is 0 Å². The molecule has 0 radical (unpaired) electrons. The van der Waals surface area contributed by atoms with E-state index in [1.165, 1.54) is 5.71 Å². The van der Waals surface area contributed by atoms with Crippen LogP contribution in [0.3, 0.4) is 0 Å². The lowest BCUT2D eigenvalue weighted by atomic mass is 9.88. The predicted molar refractivity (Wildman–Crippen MR) is 67.8 cm³/mol. The molecule has 0 aliphatic heterocycles. The third kappa shape index (κ3) is 4.33. The van der Waals surface area contributed by atoms with Gasteiger partial charge in [-0.05, 0) is 33.6 Å². The largest absolute Gasteiger partial charge is 0.369 e. The molecule has 0 aliphatic rings. The topological polar surface area (TPSA) is 21.6 Å². The lowest BCUT2D eigenvalue weighted by Gasteiger charge is -2.33. The first kappa shape index (κ1) is 14.6. The van der Waals surface area contributed by atoms with Gasteiger partial charge in [0, 0.05) is 18.9 Å². The number of hydrogen-bond donors (Lipinski definition) is 0. The first-order chi connectivity index (χ1) is 7.16. The molecule has 0 aromatic carbocycles. The molecule has 0 saturated carbocycles. The van der Waals surface area contributed by atoms with Crippen molar-refractivity contribution >= 4 is 5.71 Å². The second-order valence-electron chi connectivity index (χ2n) is 3.99. The Morgan fingerprint density at radius 3 is 1.93 bits per heavy atom. The summed E-state index contributed by atoms with van der Waals surface area (Å²) in [7, 11) is 0. The minimum atomic E-state index is -0.0890. The summed E-state index contributed by atoms with van der Waals surface area (Å²) in [6.45, 7) is 12.3. The fraction of sp³-hybridized carbons (Fsp3) is 0.923. The summed E-state index contributed by atoms with van der Waals surface area (Å²) in [5.74, 6) is 0. The summed E-state index contributed by atoms with van der Waals surface area (Å²) < 4.78 is 5.99. The number of ether oxygens (including phenoxy) is 1. The number of hydrogen-bond acceptors (Lipinski definition) is 2. The van der Waals surface area contributed by atoms with Crippen LogP contribution in [-0.4, -0.2) is 24.5 Å². The summed E-state index contributed by atoms with van der Waals surface area (Å²) in [6.07, 6.45) is 4.47. The zero-order valence-corrected chi connectivity index (χ0v) is 11.1. The first-order valence-corrected chi connectivity index (χ1v) is 6.32. The molecule has 90 valence electrons. The standard InChI is InChI=1S/C13H27NO/c1-6-10-13(11-7-2,15-9-4)12(5)14-8-3/h6-11H2,1-5H3. The average Bonchev–Trinajstić information content (AvgIpc) is 2.19. The summed E-state index contributed by atoms with van der Waals surface area (Å²) >= 11 is 0. The zero-order chi connectivity index (χ0) is 11.7. The normalized spacial score (nSPS) is 13.3. The van der Waals surface area contributed by atoms with Crippen LogP contribution in [0.25, 0.3) is 0 Å². The third-order valence-corrected chi connectivity index (χ3v) is 2.78. The molecule has 0 unspecified atom stereocenters. The van der Waals surface area contributed by atoms with Gasteiger partial charge in [-0.1, -0.05) is 26.7 Å². The van der Waals surface area contributed by atoms with Crippen LogP contribution < -0.4 is 0 Å². The van der Waals surface area contributed by atoms with Crippen LogP contribution >= 0.6 is 0 Å². The van der Waals surface area contributed by atoms with Gasteiger partial charge in [-0.2, -0.15) is 0 Å². The molecule has 0 spiro atoms. The number of nitrogens with zero attached hydrogens (tertiary/aromatic N) is 1. The lowest BCUT2D eigenvalue weighted by Crippen LogP contribution is -2.40. The second kappa shape index (κ2) is 7.86. The van der Waals surface area contributed by atoms with E-state index in [-0.39, 0.29) is 5.60 Å². The Bertz CT molecular complexity index is 170. The molecule has 0 atom stereocenters. The first-order valence-electron chi connectivity index (χ1n) is 6.32. The van der Waals surface area contributed by atoms with Crippen molar-refractivity contribution in [2.24, 2.45) is 4.99 Å². The molecule has 0 saturated heterocycles. The molecule has 2 nitrogen and oxygen atoms in total. The molecule has 0 bridgehead atoms. The van der Waals surface area contributed by atoms with Crippen LogP contribution in [0.2, 0.25) is 0 Å². The Balaban J connectivity index is 4.82. The Labute approximate surface area is 95.1 Å². The molecule has 0 aromatic rings. The van der Waals surface area contributed by atoms with Crippen LogP contribution in [0.1, 0.15) is 60.3 Å². The fourth-order valence-electron chi connectivity index (χ4n) is 2.20. The lowest BCUT2D eigenvalue weighted by molar-refractivity contribution is 0.00111. The second-order valence-corrected chi connectivity index (χ2v) is 3.99. The molecular weight excluding hydrogens is 186 g/mol. The Morgan fingerprint density at radius 2 is 1.60 bits per heavy atom. The SMILES string of the molecule is CCCC(CCC)(OCC)C(C)=NCC. The smallest absolute Gasteiger partial charge is 0.105 e. The zero-order valence-electron chi connectivity index (χ0n) is 11.1. The summed E-state index contributed by atoms with van der Waals surface area (Å²) in [5, 5.41) is 0. The van der Waals surface area contributed by atoms with Crippen molar-refractivity contribution in [2.75, 3.05) is 13.2 Å². The van der Waals surface area contributed by atoms with E-state index in [0.29, 0.717) is 0 Å². The van der Waals surface area contributed by atoms with Crippen molar-refractivity contribution in [1.29, 1.82) is 0 Å². The maximum atomic E-state index is 5.99. The molecule has 0 rings (SSSR count). The summed E-state index contributed by atoms with van der Waals surface area (Å²) in [4.78, 5) is 4.54. The van der Waals surface area contributed by atoms with E-state index >= 15 is 0 Å². The van der Waals surface area contributed by atoms with Crippen LogP contribution in [0.15, 0.2) is 4.99 Å². The van der Waals surface area contributed by atoms with Crippen molar-refractivity contribution in [3.63, 3.8) is 0 Å². The minimum absolute atomic E-state index is 0.0890. The highest BCUT2D eigenvalue weighted by Gasteiger charge is 2.31. The molecule has 0 fully saturated rings. The van der Waals surface area contributed by atoms with Gasteiger partial charge < -0.3 is 4.74 Å². The molecule has 0 aliphatic carbocycles. The van der Waals surface area contributed by atoms with E-state index < -0.39 is 0 Å². The average molecular weight is 213 g/mol. The highest BCUT2D eigenvalue weighted by molar-refractivity contribution is 5.90. The van der Waals surface area contributed by atoms with Gasteiger partial charge in [-0.3, -0.25) is 4.99 Å². The number of aliphatic imine (C=N–C) groups is 1. The number of rotatable bonds is 8. The molecule has 2 heteroatoms. The van der Waals surface area contributed by atoms with E-state index in [9.17, 15) is 0 Å². The molecule has 0 N–H and O–H groups in total. The van der Waals surface area contributed by atoms with Gasteiger partial charge in [-0.15, -0.1) is 0 Å². The van der Waals surface area contributed by atoms with Crippen molar-refractivity contribution < 1.29 is 4.74 Å². The predicted octanol–water partition coefficient (Wildman–Crippen LogP) is 3.84. The van der Waals surface area contributed by atoms with E-state index in [4.69, 9.17) is 4.74 Å². The summed E-state index contributed by atoms with van der Waals surface area (Å²) in [5.41, 5.74) is 1.09. The van der Waals surface area contributed by atoms with Gasteiger partial charge in [0.1, 0.15) is 5.60 Å². The highest BCUT2D eigenvalue weighted by atomic mass is 16.5. The highest BCUT2D eigenvalue weighted by Crippen LogP contribution is 2.26. The van der Waals surface area contributed by atoms with Crippen LogP contribution in [0.4, 0.5) is 0 Å². The summed E-state index contributed by atoms with van der Waals surface area (Å²) in [6, 6.07) is 0. The monoisotopic (exact) mass is 213 g/mol. The van der Waals surface area contributed by atoms with Crippen molar-refractivity contribution in [3.05, 3.63) is 0 Å². The van der Waals surface area contributed by atoms with Crippen LogP contribution in [-0.2, 0) is 4.74 Å². The van der Waals surface area contributed by atoms with Gasteiger partial charge in [0.25, 0.3) is 0 Å². The van der Waals surface area contributed by atoms with Gasteiger partial charge in [0.15, 0.2) is 0 Å². The van der Waals surface area contributed by atoms with Crippen molar-refractivity contribution in [2.45, 2.75) is 65.9 Å². The van der Waals surface area contributed by atoms with Crippen LogP contribution in [0.5, 0.6) is 0 Å². The Hall–Kier alpha value is -0.370. The molecule has 0 heterocycles. The van der Waals surface area contributed by atoms with E-state index in [1.54, 1.807) is 0 Å². The minimum Gasteiger partial charge on any atom is -0.369 e. The molecule has 0 amide bonds. The van der Waals surface area contributed by atoms with Gasteiger partial charge in [0.05, 0.1) is 0 Å². The van der Waals surface area contributed by atoms with Crippen molar-refractivity contribution in [3.8, 4) is 0 Å². The quantitative estimate of drug-likeness (QED) is 0.561. The maximum Gasteiger partial charge on any atom is 0.105 e. The van der Waals surface area contributed by atoms with E-state index in [0.717, 1.165) is 38.8 Å². The van der Waals surface area contributed by atoms with Gasteiger partial charge >= 0.3 is 0 Å². The van der Waals surface area contributed by atoms with E-state index in [1.807, 2.05) is 0 Å². The Morgan fingerprint density at radius 1 is 1.07 bits per heavy atom. The van der Waals surface area contributed by atoms with Gasteiger partial charge in [0.2, 0.25) is 0 Å². The molecular formula is C13H27NO. The van der Waals surface area contributed by atoms with E-state index in [2.05, 4.69) is 39.6 Å². The van der Waals surface area contributed by atoms with Gasteiger partial charge in [-0.25, -0.2) is 0 Å². The Kier molecular flexibility index (Phi) is 7.67. The van der Waals surface area contributed by atoms with Crippen LogP contribution in [0, 0.1) is 0 Å². The third-order valence-electron chi connectivity index (χ3n) is 2.78. The fourth-order valence-corrected chi connectivity index (χ4v) is 2.20. The molecule has 0 aromatic heterocycles. The maximum absolute atomic E-state index is 5.99. The molecule has 15 heavy (non-hydrogen) atoms.